The average Bonchev–Trinajstić information content (AvgIpc) is 2.96. The highest BCUT2D eigenvalue weighted by Crippen LogP contribution is 2.62. The van der Waals surface area contributed by atoms with Gasteiger partial charge in [-0.2, -0.15) is 0 Å². The number of carbonyl (C=O) groups is 5. The first-order chi connectivity index (χ1) is 21.2. The van der Waals surface area contributed by atoms with Crippen LogP contribution in [0.25, 0.3) is 0 Å². The molecule has 1 aromatic rings. The van der Waals surface area contributed by atoms with Crippen LogP contribution in [-0.2, 0) is 19.2 Å². The lowest BCUT2D eigenvalue weighted by Crippen LogP contribution is -2.52. The first-order valence-corrected chi connectivity index (χ1v) is 16.4. The molecule has 0 saturated heterocycles. The van der Waals surface area contributed by atoms with E-state index in [-0.39, 0.29) is 51.0 Å². The number of aliphatic hydroxyl groups is 1. The quantitative estimate of drug-likeness (QED) is 0.213. The summed E-state index contributed by atoms with van der Waals surface area (Å²) in [7, 11) is 0. The maximum atomic E-state index is 14.2. The number of carbonyl (C=O) groups excluding carboxylic acids is 5. The van der Waals surface area contributed by atoms with E-state index in [0.717, 1.165) is 0 Å². The van der Waals surface area contributed by atoms with Crippen LogP contribution in [0.3, 0.4) is 0 Å². The van der Waals surface area contributed by atoms with Crippen molar-refractivity contribution >= 4 is 28.9 Å². The van der Waals surface area contributed by atoms with Gasteiger partial charge in [0, 0.05) is 40.0 Å². The fraction of sp³-hybridized carbons (Fsp3) is 0.605. The molecule has 0 aromatic heterocycles. The number of Topliss-reactive ketones (excluding diaryl/α,β-unsaturated/α-hetero) is 5. The van der Waals surface area contributed by atoms with Gasteiger partial charge in [-0.15, -0.1) is 0 Å². The van der Waals surface area contributed by atoms with E-state index in [1.165, 1.54) is 27.7 Å². The highest BCUT2D eigenvalue weighted by Gasteiger charge is 2.59. The maximum absolute atomic E-state index is 14.2. The number of hydrogen-bond acceptors (Lipinski definition) is 9. The third kappa shape index (κ3) is 4.73. The SMILES string of the molecule is CC(C)C(=O)c1c(O)c([C@H](C2=C(O)C(C)(C)C(=O)C(C)(C)C2=O)C(C)C)c(O)c2c1OC1=C(C(=O)C(C)(C)C(=O)C1(C)C)C2C(C)C. The Balaban J connectivity index is 2.24. The van der Waals surface area contributed by atoms with Crippen LogP contribution < -0.4 is 4.74 Å². The molecule has 4 rings (SSSR count). The number of phenols is 2. The molecule has 9 nitrogen and oxygen atoms in total. The minimum atomic E-state index is -1.53. The molecular weight excluding hydrogens is 600 g/mol. The van der Waals surface area contributed by atoms with E-state index < -0.39 is 85.7 Å². The van der Waals surface area contributed by atoms with Gasteiger partial charge in [0.05, 0.1) is 21.7 Å². The van der Waals surface area contributed by atoms with Gasteiger partial charge in [-0.3, -0.25) is 24.0 Å². The number of ether oxygens (including phenoxy) is 1. The molecule has 2 atom stereocenters. The van der Waals surface area contributed by atoms with Gasteiger partial charge in [-0.05, 0) is 67.2 Å². The van der Waals surface area contributed by atoms with Gasteiger partial charge in [0.2, 0.25) is 0 Å². The van der Waals surface area contributed by atoms with Gasteiger partial charge in [0.25, 0.3) is 0 Å². The van der Waals surface area contributed by atoms with Gasteiger partial charge in [0.1, 0.15) is 34.3 Å². The molecule has 0 saturated carbocycles. The molecule has 3 N–H and O–H groups in total. The van der Waals surface area contributed by atoms with E-state index in [9.17, 15) is 39.3 Å². The topological polar surface area (TPSA) is 155 Å². The Bertz CT molecular complexity index is 1710. The zero-order chi connectivity index (χ0) is 36.3. The lowest BCUT2D eigenvalue weighted by molar-refractivity contribution is -0.146. The van der Waals surface area contributed by atoms with Crippen molar-refractivity contribution in [2.75, 3.05) is 0 Å². The van der Waals surface area contributed by atoms with E-state index in [2.05, 4.69) is 0 Å². The maximum Gasteiger partial charge on any atom is 0.175 e. The third-order valence-electron chi connectivity index (χ3n) is 10.6. The molecule has 47 heavy (non-hydrogen) atoms. The third-order valence-corrected chi connectivity index (χ3v) is 10.6. The van der Waals surface area contributed by atoms with Gasteiger partial charge < -0.3 is 20.1 Å². The van der Waals surface area contributed by atoms with Crippen molar-refractivity contribution in [1.29, 1.82) is 0 Å². The number of fused-ring (bicyclic) bond motifs is 1. The van der Waals surface area contributed by atoms with Crippen LogP contribution >= 0.6 is 0 Å². The van der Waals surface area contributed by atoms with Crippen molar-refractivity contribution in [2.45, 2.75) is 109 Å². The van der Waals surface area contributed by atoms with Crippen LogP contribution in [0.5, 0.6) is 17.2 Å². The second-order valence-corrected chi connectivity index (χ2v) is 16.6. The molecule has 1 aromatic carbocycles. The first-order valence-electron chi connectivity index (χ1n) is 16.4. The zero-order valence-electron chi connectivity index (χ0n) is 30.2. The summed E-state index contributed by atoms with van der Waals surface area (Å²) in [5.74, 6) is -7.72. The molecule has 9 heteroatoms. The number of hydrogen-bond donors (Lipinski definition) is 3. The van der Waals surface area contributed by atoms with Crippen molar-refractivity contribution in [1.82, 2.24) is 0 Å². The van der Waals surface area contributed by atoms with Gasteiger partial charge in [0.15, 0.2) is 28.9 Å². The lowest BCUT2D eigenvalue weighted by Gasteiger charge is -2.46. The molecule has 1 heterocycles. The fourth-order valence-corrected chi connectivity index (χ4v) is 7.96. The predicted octanol–water partition coefficient (Wildman–Crippen LogP) is 7.28. The number of ketones is 5. The average molecular weight is 651 g/mol. The van der Waals surface area contributed by atoms with E-state index in [1.54, 1.807) is 55.4 Å². The predicted molar refractivity (Wildman–Crippen MR) is 177 cm³/mol. The number of allylic oxidation sites excluding steroid dienone is 4. The van der Waals surface area contributed by atoms with E-state index in [0.29, 0.717) is 0 Å². The molecule has 1 unspecified atom stereocenters. The lowest BCUT2D eigenvalue weighted by atomic mass is 9.58. The highest BCUT2D eigenvalue weighted by atomic mass is 16.5. The number of phenolic OH excluding ortho intramolecular Hbond substituents is 2. The summed E-state index contributed by atoms with van der Waals surface area (Å²) in [5.41, 5.74) is -5.93. The smallest absolute Gasteiger partial charge is 0.175 e. The van der Waals surface area contributed by atoms with Crippen LogP contribution in [0.2, 0.25) is 0 Å². The summed E-state index contributed by atoms with van der Waals surface area (Å²) in [6.07, 6.45) is 0. The zero-order valence-corrected chi connectivity index (χ0v) is 30.2. The number of aromatic hydroxyl groups is 2. The molecular formula is C38H50O9. The van der Waals surface area contributed by atoms with Crippen LogP contribution in [-0.4, -0.2) is 44.2 Å². The molecule has 0 fully saturated rings. The Kier molecular flexibility index (Phi) is 8.36. The number of rotatable bonds is 6. The monoisotopic (exact) mass is 650 g/mol. The van der Waals surface area contributed by atoms with Crippen molar-refractivity contribution in [3.63, 3.8) is 0 Å². The molecule has 0 radical (unpaired) electrons. The molecule has 256 valence electrons. The van der Waals surface area contributed by atoms with E-state index in [1.807, 2.05) is 13.8 Å². The Morgan fingerprint density at radius 1 is 0.702 bits per heavy atom. The minimum Gasteiger partial charge on any atom is -0.511 e. The van der Waals surface area contributed by atoms with Gasteiger partial charge in [-0.25, -0.2) is 0 Å². The second-order valence-electron chi connectivity index (χ2n) is 16.6. The summed E-state index contributed by atoms with van der Waals surface area (Å²) < 4.78 is 6.42. The van der Waals surface area contributed by atoms with Crippen molar-refractivity contribution in [3.8, 4) is 17.2 Å². The molecule has 1 aliphatic heterocycles. The molecule has 0 spiro atoms. The van der Waals surface area contributed by atoms with Gasteiger partial charge in [-0.1, -0.05) is 41.5 Å². The first kappa shape index (κ1) is 36.1. The van der Waals surface area contributed by atoms with Crippen molar-refractivity contribution in [3.05, 3.63) is 39.4 Å². The van der Waals surface area contributed by atoms with E-state index in [4.69, 9.17) is 4.74 Å². The summed E-state index contributed by atoms with van der Waals surface area (Å²) >= 11 is 0. The molecule has 3 aliphatic rings. The Morgan fingerprint density at radius 2 is 1.19 bits per heavy atom. The van der Waals surface area contributed by atoms with Crippen LogP contribution in [0, 0.1) is 39.4 Å². The van der Waals surface area contributed by atoms with Gasteiger partial charge >= 0.3 is 0 Å². The molecule has 2 aliphatic carbocycles. The normalized spacial score (nSPS) is 23.7. The molecule has 0 amide bonds. The van der Waals surface area contributed by atoms with Crippen LogP contribution in [0.1, 0.15) is 130 Å². The second kappa shape index (κ2) is 10.9. The number of benzene rings is 1. The van der Waals surface area contributed by atoms with Crippen LogP contribution in [0.15, 0.2) is 22.7 Å². The largest absolute Gasteiger partial charge is 0.511 e. The number of aliphatic hydroxyl groups excluding tert-OH is 1. The summed E-state index contributed by atoms with van der Waals surface area (Å²) in [6, 6.07) is 0. The summed E-state index contributed by atoms with van der Waals surface area (Å²) in [5, 5.41) is 36.1. The standard InChI is InChI=1S/C38H50O9/c1-15(2)18(22-29(42)35(7,8)33(45)36(9,10)30(22)43)20-26(40)21-19(16(3)4)23-31(44)37(11,12)34(46)38(13,14)32(23)47-28(21)24(27(20)41)25(39)17(5)6/h15-19,40-42H,1-14H3/t18-,19?/m1/s1. The molecule has 0 bridgehead atoms. The Hall–Kier alpha value is -3.75. The Morgan fingerprint density at radius 3 is 1.66 bits per heavy atom. The Labute approximate surface area is 277 Å². The van der Waals surface area contributed by atoms with Crippen molar-refractivity contribution in [2.24, 2.45) is 39.4 Å². The highest BCUT2D eigenvalue weighted by molar-refractivity contribution is 6.21. The van der Waals surface area contributed by atoms with E-state index >= 15 is 0 Å². The van der Waals surface area contributed by atoms with Crippen molar-refractivity contribution < 1.29 is 44.0 Å². The summed E-state index contributed by atoms with van der Waals surface area (Å²) in [4.78, 5) is 69.4. The summed E-state index contributed by atoms with van der Waals surface area (Å²) in [6.45, 7) is 22.9. The fourth-order valence-electron chi connectivity index (χ4n) is 7.96. The minimum absolute atomic E-state index is 0.0765. The van der Waals surface area contributed by atoms with Crippen LogP contribution in [0.4, 0.5) is 0 Å².